The van der Waals surface area contributed by atoms with E-state index in [1.807, 2.05) is 46.2 Å². The summed E-state index contributed by atoms with van der Waals surface area (Å²) in [4.78, 5) is 24.8. The van der Waals surface area contributed by atoms with E-state index in [0.29, 0.717) is 17.3 Å². The Bertz CT molecular complexity index is 2670. The van der Waals surface area contributed by atoms with Gasteiger partial charge in [0.1, 0.15) is 28.7 Å². The Morgan fingerprint density at radius 2 is 1.18 bits per heavy atom. The fourth-order valence-corrected chi connectivity index (χ4v) is 7.85. The second kappa shape index (κ2) is 15.4. The number of aryl methyl sites for hydroxylation is 6. The number of fused-ring (bicyclic) bond motifs is 2. The van der Waals surface area contributed by atoms with Crippen LogP contribution < -0.4 is 5.46 Å². The van der Waals surface area contributed by atoms with Crippen molar-refractivity contribution >= 4 is 57.2 Å². The van der Waals surface area contributed by atoms with Gasteiger partial charge in [-0.25, -0.2) is 9.97 Å². The van der Waals surface area contributed by atoms with E-state index in [-0.39, 0.29) is 0 Å². The molecule has 0 saturated heterocycles. The highest BCUT2D eigenvalue weighted by molar-refractivity contribution is 14.1. The van der Waals surface area contributed by atoms with Crippen LogP contribution in [0.1, 0.15) is 83.2 Å². The van der Waals surface area contributed by atoms with Gasteiger partial charge in [0.15, 0.2) is 0 Å². The van der Waals surface area contributed by atoms with Gasteiger partial charge in [-0.1, -0.05) is 10.3 Å². The zero-order valence-corrected chi connectivity index (χ0v) is 34.3. The topological polar surface area (TPSA) is 176 Å². The number of imidazole rings is 2. The molecule has 14 heteroatoms. The van der Waals surface area contributed by atoms with Crippen molar-refractivity contribution in [3.63, 3.8) is 0 Å². The lowest BCUT2D eigenvalue weighted by molar-refractivity contribution is 0.393. The van der Waals surface area contributed by atoms with Crippen molar-refractivity contribution < 1.29 is 19.1 Å². The van der Waals surface area contributed by atoms with E-state index in [0.717, 1.165) is 95.6 Å². The zero-order chi connectivity index (χ0) is 39.2. The molecule has 56 heavy (non-hydrogen) atoms. The molecule has 6 heterocycles. The van der Waals surface area contributed by atoms with Crippen molar-refractivity contribution in [2.75, 3.05) is 0 Å². The van der Waals surface area contributed by atoms with Gasteiger partial charge in [-0.05, 0) is 148 Å². The van der Waals surface area contributed by atoms with Crippen molar-refractivity contribution in [3.8, 4) is 33.4 Å². The Morgan fingerprint density at radius 3 is 1.66 bits per heavy atom. The van der Waals surface area contributed by atoms with E-state index < -0.39 is 7.12 Å². The largest absolute Gasteiger partial charge is 0.490 e. The fraction of sp³-hybridized carbons (Fsp3) is 0.286. The third-order valence-electron chi connectivity index (χ3n) is 10.4. The third kappa shape index (κ3) is 7.65. The molecule has 2 aliphatic rings. The molecule has 0 bridgehead atoms. The van der Waals surface area contributed by atoms with Gasteiger partial charge in [-0.2, -0.15) is 0 Å². The molecule has 0 amide bonds. The number of aromatic amines is 2. The lowest BCUT2D eigenvalue weighted by atomic mass is 9.79. The van der Waals surface area contributed by atoms with Crippen molar-refractivity contribution in [2.24, 2.45) is 0 Å². The number of rotatable bonds is 6. The van der Waals surface area contributed by atoms with Crippen molar-refractivity contribution in [1.82, 2.24) is 40.2 Å². The molecule has 12 nitrogen and oxygen atoms in total. The monoisotopic (exact) mass is 860 g/mol. The minimum Gasteiger partial charge on any atom is -0.423 e. The molecule has 4 N–H and O–H groups in total. The van der Waals surface area contributed by atoms with Gasteiger partial charge < -0.3 is 29.1 Å². The molecule has 6 aromatic heterocycles. The van der Waals surface area contributed by atoms with E-state index in [9.17, 15) is 0 Å². The summed E-state index contributed by atoms with van der Waals surface area (Å²) in [6.45, 7) is 11.8. The van der Waals surface area contributed by atoms with Gasteiger partial charge in [0.25, 0.3) is 0 Å². The third-order valence-corrected chi connectivity index (χ3v) is 11.2. The van der Waals surface area contributed by atoms with Crippen molar-refractivity contribution in [1.29, 1.82) is 0 Å². The van der Waals surface area contributed by atoms with Gasteiger partial charge in [0.05, 0.1) is 27.9 Å². The Labute approximate surface area is 337 Å². The summed E-state index contributed by atoms with van der Waals surface area (Å²) >= 11 is 2.36. The first-order valence-electron chi connectivity index (χ1n) is 18.7. The van der Waals surface area contributed by atoms with Crippen LogP contribution in [0, 0.1) is 45.1 Å². The number of nitrogens with zero attached hydrogens (tertiary/aromatic N) is 6. The summed E-state index contributed by atoms with van der Waals surface area (Å²) in [7, 11) is -1.41. The van der Waals surface area contributed by atoms with Gasteiger partial charge >= 0.3 is 7.12 Å². The number of benzene rings is 2. The van der Waals surface area contributed by atoms with Crippen LogP contribution in [0.2, 0.25) is 0 Å². The van der Waals surface area contributed by atoms with Gasteiger partial charge in [-0.15, -0.1) is 0 Å². The number of hydrogen-bond donors (Lipinski definition) is 4. The molecule has 2 aromatic carbocycles. The second-order valence-corrected chi connectivity index (χ2v) is 15.9. The maximum Gasteiger partial charge on any atom is 0.490 e. The van der Waals surface area contributed by atoms with Crippen LogP contribution in [0.3, 0.4) is 0 Å². The molecule has 10 rings (SSSR count). The number of aromatic nitrogens is 8. The molecule has 0 radical (unpaired) electrons. The Hall–Kier alpha value is -5.19. The standard InChI is InChI=1S/C21H20N4O.C15H14IN3O.C6H8BNO2/c1-11-6-7-22-10-17(11)16-8-15(19-12(2)25-26-13(19)3)9-18-20(16)24-21(23-18)14-4-5-14;1-7-13(8(2)20-19-7)10-5-11(16)14-12(6-10)17-15(18-14)9-3-4-9;1-5-2-3-8-4-6(5)7(9)10/h6-10,14H,4-5H2,1-3H3,(H,23,24);5-6,9H,3-4H2,1-2H3,(H,17,18);2-4,9-10H,1H3. The van der Waals surface area contributed by atoms with Gasteiger partial charge in [0.2, 0.25) is 0 Å². The first-order valence-corrected chi connectivity index (χ1v) is 19.8. The van der Waals surface area contributed by atoms with Crippen LogP contribution in [0.15, 0.2) is 70.2 Å². The van der Waals surface area contributed by atoms with Crippen LogP contribution in [0.4, 0.5) is 0 Å². The number of nitrogens with one attached hydrogen (secondary N) is 2. The maximum atomic E-state index is 8.72. The Balaban J connectivity index is 0.000000130. The normalized spacial score (nSPS) is 13.7. The number of hydrogen-bond acceptors (Lipinski definition) is 10. The molecule has 2 saturated carbocycles. The highest BCUT2D eigenvalue weighted by Gasteiger charge is 2.29. The molecule has 0 spiro atoms. The summed E-state index contributed by atoms with van der Waals surface area (Å²) in [5.41, 5.74) is 15.2. The minimum absolute atomic E-state index is 0.461. The van der Waals surface area contributed by atoms with E-state index in [1.54, 1.807) is 19.2 Å². The zero-order valence-electron chi connectivity index (χ0n) is 32.1. The maximum absolute atomic E-state index is 8.72. The predicted octanol–water partition coefficient (Wildman–Crippen LogP) is 8.47. The van der Waals surface area contributed by atoms with Crippen LogP contribution >= 0.6 is 22.6 Å². The van der Waals surface area contributed by atoms with Crippen LogP contribution in [-0.4, -0.2) is 57.4 Å². The van der Waals surface area contributed by atoms with E-state index in [4.69, 9.17) is 29.1 Å². The summed E-state index contributed by atoms with van der Waals surface area (Å²) in [6, 6.07) is 12.4. The lowest BCUT2D eigenvalue weighted by Crippen LogP contribution is -2.32. The van der Waals surface area contributed by atoms with Crippen LogP contribution in [0.5, 0.6) is 0 Å². The number of pyridine rings is 2. The molecular formula is C42H42BIN8O4. The smallest absolute Gasteiger partial charge is 0.423 e. The Kier molecular flexibility index (Phi) is 10.4. The molecule has 284 valence electrons. The minimum atomic E-state index is -1.41. The average Bonchev–Trinajstić information content (AvgIpc) is 4.06. The van der Waals surface area contributed by atoms with E-state index in [1.165, 1.54) is 41.0 Å². The molecule has 0 atom stereocenters. The predicted molar refractivity (Wildman–Crippen MR) is 226 cm³/mol. The molecule has 0 unspecified atom stereocenters. The SMILES string of the molecule is Cc1ccncc1-c1cc(-c2c(C)noc2C)cc2[nH]c(C3CC3)nc12.Cc1ccncc1B(O)O.Cc1noc(C)c1-c1cc(I)c2nc(C3CC3)[nH]c2c1. The number of halogens is 1. The number of H-pyrrole nitrogens is 2. The van der Waals surface area contributed by atoms with Crippen LogP contribution in [0.25, 0.3) is 55.4 Å². The van der Waals surface area contributed by atoms with Crippen molar-refractivity contribution in [2.45, 2.75) is 79.1 Å². The molecule has 2 aliphatic carbocycles. The summed E-state index contributed by atoms with van der Waals surface area (Å²) in [5, 5.41) is 25.6. The van der Waals surface area contributed by atoms with E-state index >= 15 is 0 Å². The summed E-state index contributed by atoms with van der Waals surface area (Å²) < 4.78 is 11.8. The summed E-state index contributed by atoms with van der Waals surface area (Å²) in [6.07, 6.45) is 11.8. The quantitative estimate of drug-likeness (QED) is 0.0938. The van der Waals surface area contributed by atoms with Crippen LogP contribution in [-0.2, 0) is 0 Å². The highest BCUT2D eigenvalue weighted by Crippen LogP contribution is 2.43. The fourth-order valence-electron chi connectivity index (χ4n) is 7.11. The summed E-state index contributed by atoms with van der Waals surface area (Å²) in [5.74, 6) is 5.14. The van der Waals surface area contributed by atoms with Gasteiger partial charge in [-0.3, -0.25) is 9.97 Å². The Morgan fingerprint density at radius 1 is 0.661 bits per heavy atom. The first-order chi connectivity index (χ1) is 27.0. The average molecular weight is 861 g/mol. The van der Waals surface area contributed by atoms with Gasteiger partial charge in [0, 0.05) is 67.9 Å². The van der Waals surface area contributed by atoms with Crippen molar-refractivity contribution in [3.05, 3.63) is 110 Å². The molecule has 0 aliphatic heterocycles. The van der Waals surface area contributed by atoms with E-state index in [2.05, 4.69) is 84.0 Å². The molecule has 8 aromatic rings. The second-order valence-electron chi connectivity index (χ2n) is 14.8. The molecule has 2 fully saturated rings. The highest BCUT2D eigenvalue weighted by atomic mass is 127. The molecular weight excluding hydrogens is 818 g/mol. The first kappa shape index (κ1) is 37.7. The lowest BCUT2D eigenvalue weighted by Gasteiger charge is -2.09.